The number of hydrogen-bond acceptors (Lipinski definition) is 4. The Balaban J connectivity index is 0.00000264. The normalized spacial score (nSPS) is 9.65. The van der Waals surface area contributed by atoms with Crippen molar-refractivity contribution in [3.05, 3.63) is 53.6 Å². The van der Waals surface area contributed by atoms with Crippen LogP contribution in [-0.4, -0.2) is 18.3 Å². The maximum atomic E-state index is 11.9. The van der Waals surface area contributed by atoms with Gasteiger partial charge in [-0.3, -0.25) is 9.59 Å². The topological polar surface area (TPSA) is 81.4 Å². The van der Waals surface area contributed by atoms with Crippen molar-refractivity contribution in [1.29, 1.82) is 0 Å². The van der Waals surface area contributed by atoms with E-state index in [0.29, 0.717) is 22.7 Å². The number of anilines is 2. The Morgan fingerprint density at radius 2 is 1.91 bits per heavy atom. The summed E-state index contributed by atoms with van der Waals surface area (Å²) in [5, 5.41) is 2.73. The van der Waals surface area contributed by atoms with Crippen LogP contribution in [0.2, 0.25) is 0 Å². The van der Waals surface area contributed by atoms with E-state index in [1.54, 1.807) is 42.5 Å². The summed E-state index contributed by atoms with van der Waals surface area (Å²) in [6, 6.07) is 12.0. The first-order valence-electron chi connectivity index (χ1n) is 6.85. The number of hydrogen-bond donors (Lipinski definition) is 2. The van der Waals surface area contributed by atoms with Gasteiger partial charge in [0.2, 0.25) is 0 Å². The molecule has 0 aliphatic rings. The molecule has 0 aromatic heterocycles. The summed E-state index contributed by atoms with van der Waals surface area (Å²) in [7, 11) is 0. The van der Waals surface area contributed by atoms with Gasteiger partial charge in [0, 0.05) is 23.0 Å². The number of rotatable bonds is 5. The number of ether oxygens (including phenoxy) is 1. The van der Waals surface area contributed by atoms with E-state index < -0.39 is 0 Å². The van der Waals surface area contributed by atoms with Crippen LogP contribution < -0.4 is 15.8 Å². The molecule has 0 radical (unpaired) electrons. The number of carbonyl (C=O) groups is 2. The highest BCUT2D eigenvalue weighted by Crippen LogP contribution is 2.17. The number of ketones is 1. The number of benzene rings is 2. The average Bonchev–Trinajstić information content (AvgIpc) is 2.45. The fourth-order valence-corrected chi connectivity index (χ4v) is 2.09. The third-order valence-electron chi connectivity index (χ3n) is 3.12. The van der Waals surface area contributed by atoms with Crippen molar-refractivity contribution in [2.45, 2.75) is 21.3 Å². The van der Waals surface area contributed by atoms with Crippen LogP contribution in [0.5, 0.6) is 5.75 Å². The first kappa shape index (κ1) is 18.2. The van der Waals surface area contributed by atoms with Gasteiger partial charge in [0.15, 0.2) is 12.4 Å². The van der Waals surface area contributed by atoms with Gasteiger partial charge in [-0.25, -0.2) is 0 Å². The largest absolute Gasteiger partial charge is 0.484 e. The van der Waals surface area contributed by atoms with Crippen LogP contribution in [0.1, 0.15) is 30.3 Å². The Labute approximate surface area is 136 Å². The minimum absolute atomic E-state index is 0. The summed E-state index contributed by atoms with van der Waals surface area (Å²) >= 11 is 0. The zero-order chi connectivity index (χ0) is 16.1. The predicted octanol–water partition coefficient (Wildman–Crippen LogP) is 3.43. The molecule has 0 unspecified atom stereocenters. The lowest BCUT2D eigenvalue weighted by Crippen LogP contribution is -2.20. The van der Waals surface area contributed by atoms with E-state index in [1.165, 1.54) is 6.92 Å². The molecule has 0 atom stereocenters. The molecule has 0 spiro atoms. The van der Waals surface area contributed by atoms with Gasteiger partial charge in [-0.1, -0.05) is 13.5 Å². The molecule has 122 valence electrons. The van der Waals surface area contributed by atoms with Crippen molar-refractivity contribution in [2.24, 2.45) is 0 Å². The smallest absolute Gasteiger partial charge is 0.262 e. The Kier molecular flexibility index (Phi) is 6.33. The third-order valence-corrected chi connectivity index (χ3v) is 3.12. The van der Waals surface area contributed by atoms with E-state index >= 15 is 0 Å². The molecule has 2 rings (SSSR count). The summed E-state index contributed by atoms with van der Waals surface area (Å²) in [5.74, 6) is 0.260. The number of nitrogen functional groups attached to an aromatic ring is 1. The number of nitrogens with two attached hydrogens (primary N) is 1. The minimum atomic E-state index is -0.280. The van der Waals surface area contributed by atoms with Gasteiger partial charge in [-0.05, 0) is 49.7 Å². The second-order valence-electron chi connectivity index (χ2n) is 5.00. The van der Waals surface area contributed by atoms with E-state index in [-0.39, 0.29) is 25.7 Å². The first-order valence-corrected chi connectivity index (χ1v) is 6.85. The molecule has 0 heterocycles. The van der Waals surface area contributed by atoms with Crippen molar-refractivity contribution in [3.8, 4) is 5.75 Å². The molecular formula is C18H22N2O3. The summed E-state index contributed by atoms with van der Waals surface area (Å²) in [4.78, 5) is 23.2. The number of nitrogens with one attached hydrogen (secondary N) is 1. The molecule has 0 fully saturated rings. The molecular weight excluding hydrogens is 292 g/mol. The maximum absolute atomic E-state index is 11.9. The molecule has 5 heteroatoms. The van der Waals surface area contributed by atoms with E-state index in [4.69, 9.17) is 10.5 Å². The fraction of sp³-hybridized carbons (Fsp3) is 0.222. The zero-order valence-corrected chi connectivity index (χ0v) is 12.6. The molecule has 2 aromatic rings. The molecule has 0 aliphatic carbocycles. The van der Waals surface area contributed by atoms with Crippen LogP contribution >= 0.6 is 0 Å². The van der Waals surface area contributed by atoms with Crippen molar-refractivity contribution in [3.63, 3.8) is 0 Å². The van der Waals surface area contributed by atoms with Gasteiger partial charge < -0.3 is 15.8 Å². The van der Waals surface area contributed by atoms with Crippen molar-refractivity contribution in [2.75, 3.05) is 17.7 Å². The average molecular weight is 314 g/mol. The molecule has 0 saturated heterocycles. The van der Waals surface area contributed by atoms with E-state index in [0.717, 1.165) is 5.56 Å². The highest BCUT2D eigenvalue weighted by Gasteiger charge is 2.07. The van der Waals surface area contributed by atoms with E-state index in [1.807, 2.05) is 6.92 Å². The minimum Gasteiger partial charge on any atom is -0.484 e. The summed E-state index contributed by atoms with van der Waals surface area (Å²) in [6.07, 6.45) is 0. The first-order chi connectivity index (χ1) is 10.5. The van der Waals surface area contributed by atoms with Crippen molar-refractivity contribution >= 4 is 23.1 Å². The molecule has 23 heavy (non-hydrogen) atoms. The van der Waals surface area contributed by atoms with E-state index in [9.17, 15) is 9.59 Å². The standard InChI is InChI=1S/C17H18N2O3.CH4/c1-11-8-14(6-7-16(11)12(2)20)19-17(21)10-22-15-5-3-4-13(18)9-15;/h3-9H,10,18H2,1-2H3,(H,19,21);1H4. The third kappa shape index (κ3) is 5.14. The van der Waals surface area contributed by atoms with Gasteiger partial charge in [0.25, 0.3) is 5.91 Å². The van der Waals surface area contributed by atoms with Gasteiger partial charge in [-0.15, -0.1) is 0 Å². The molecule has 2 aromatic carbocycles. The summed E-state index contributed by atoms with van der Waals surface area (Å²) < 4.78 is 5.37. The monoisotopic (exact) mass is 314 g/mol. The lowest BCUT2D eigenvalue weighted by molar-refractivity contribution is -0.118. The van der Waals surface area contributed by atoms with Crippen LogP contribution in [0.3, 0.4) is 0 Å². The fourth-order valence-electron chi connectivity index (χ4n) is 2.09. The molecule has 3 N–H and O–H groups in total. The lowest BCUT2D eigenvalue weighted by Gasteiger charge is -2.09. The molecule has 0 saturated carbocycles. The Hall–Kier alpha value is -2.82. The van der Waals surface area contributed by atoms with Gasteiger partial charge in [0.1, 0.15) is 5.75 Å². The Morgan fingerprint density at radius 1 is 1.17 bits per heavy atom. The molecule has 0 aliphatic heterocycles. The summed E-state index contributed by atoms with van der Waals surface area (Å²) in [6.45, 7) is 3.23. The number of aryl methyl sites for hydroxylation is 1. The SMILES string of the molecule is C.CC(=O)c1ccc(NC(=O)COc2cccc(N)c2)cc1C. The van der Waals surface area contributed by atoms with Crippen LogP contribution in [-0.2, 0) is 4.79 Å². The number of carbonyl (C=O) groups excluding carboxylic acids is 2. The molecule has 1 amide bonds. The van der Waals surface area contributed by atoms with Crippen molar-refractivity contribution < 1.29 is 14.3 Å². The van der Waals surface area contributed by atoms with Crippen LogP contribution in [0.15, 0.2) is 42.5 Å². The van der Waals surface area contributed by atoms with Crippen LogP contribution in [0.4, 0.5) is 11.4 Å². The second kappa shape index (κ2) is 7.98. The second-order valence-corrected chi connectivity index (χ2v) is 5.00. The van der Waals surface area contributed by atoms with Crippen LogP contribution in [0, 0.1) is 6.92 Å². The zero-order valence-electron chi connectivity index (χ0n) is 12.6. The highest BCUT2D eigenvalue weighted by atomic mass is 16.5. The quantitative estimate of drug-likeness (QED) is 0.654. The lowest BCUT2D eigenvalue weighted by atomic mass is 10.0. The molecule has 5 nitrogen and oxygen atoms in total. The highest BCUT2D eigenvalue weighted by molar-refractivity contribution is 5.97. The number of amides is 1. The Bertz CT molecular complexity index is 711. The van der Waals surface area contributed by atoms with Gasteiger partial charge in [-0.2, -0.15) is 0 Å². The number of Topliss-reactive ketones (excluding diaryl/α,β-unsaturated/α-hetero) is 1. The maximum Gasteiger partial charge on any atom is 0.262 e. The van der Waals surface area contributed by atoms with Crippen LogP contribution in [0.25, 0.3) is 0 Å². The Morgan fingerprint density at radius 3 is 2.52 bits per heavy atom. The predicted molar refractivity (Wildman–Crippen MR) is 92.9 cm³/mol. The van der Waals surface area contributed by atoms with Crippen molar-refractivity contribution in [1.82, 2.24) is 0 Å². The van der Waals surface area contributed by atoms with Gasteiger partial charge >= 0.3 is 0 Å². The molecule has 0 bridgehead atoms. The summed E-state index contributed by atoms with van der Waals surface area (Å²) in [5.41, 5.74) is 8.31. The van der Waals surface area contributed by atoms with Gasteiger partial charge in [0.05, 0.1) is 0 Å². The van der Waals surface area contributed by atoms with E-state index in [2.05, 4.69) is 5.32 Å².